The van der Waals surface area contributed by atoms with Gasteiger partial charge in [-0.3, -0.25) is 9.89 Å². The molecule has 2 N–H and O–H groups in total. The van der Waals surface area contributed by atoms with Gasteiger partial charge in [-0.1, -0.05) is 42.6 Å². The van der Waals surface area contributed by atoms with Crippen molar-refractivity contribution in [1.29, 1.82) is 0 Å². The Labute approximate surface area is 160 Å². The zero-order valence-electron chi connectivity index (χ0n) is 15.1. The monoisotopic (exact) mass is 374 g/mol. The second-order valence-electron chi connectivity index (χ2n) is 6.91. The maximum Gasteiger partial charge on any atom is 0.225 e. The van der Waals surface area contributed by atoms with Crippen LogP contribution in [-0.2, 0) is 4.79 Å². The fourth-order valence-electron chi connectivity index (χ4n) is 3.39. The largest absolute Gasteiger partial charge is 0.309 e. The molecule has 1 aliphatic rings. The normalized spacial score (nSPS) is 15.6. The van der Waals surface area contributed by atoms with Gasteiger partial charge in [-0.2, -0.15) is 5.10 Å². The molecule has 0 aliphatic carbocycles. The van der Waals surface area contributed by atoms with Gasteiger partial charge in [0.1, 0.15) is 0 Å². The van der Waals surface area contributed by atoms with E-state index < -0.39 is 0 Å². The summed E-state index contributed by atoms with van der Waals surface area (Å²) in [6.07, 6.45) is 7.85. The van der Waals surface area contributed by atoms with Gasteiger partial charge in [-0.05, 0) is 51.4 Å². The summed E-state index contributed by atoms with van der Waals surface area (Å²) < 4.78 is 0. The Bertz CT molecular complexity index is 707. The van der Waals surface area contributed by atoms with Crippen LogP contribution in [0.25, 0.3) is 11.3 Å². The van der Waals surface area contributed by atoms with Crippen LogP contribution in [0.4, 0.5) is 5.82 Å². The van der Waals surface area contributed by atoms with Crippen molar-refractivity contribution in [2.24, 2.45) is 0 Å². The lowest BCUT2D eigenvalue weighted by Crippen LogP contribution is -2.25. The molecule has 0 saturated carbocycles. The molecule has 0 spiro atoms. The molecule has 1 aromatic carbocycles. The van der Waals surface area contributed by atoms with Gasteiger partial charge in [0.2, 0.25) is 5.91 Å². The van der Waals surface area contributed by atoms with Gasteiger partial charge in [0.15, 0.2) is 5.82 Å². The van der Waals surface area contributed by atoms with Crippen LogP contribution in [-0.4, -0.2) is 40.6 Å². The highest BCUT2D eigenvalue weighted by atomic mass is 35.5. The number of unbranched alkanes of at least 4 members (excludes halogenated alkanes) is 1. The van der Waals surface area contributed by atoms with Crippen LogP contribution in [0.5, 0.6) is 0 Å². The summed E-state index contributed by atoms with van der Waals surface area (Å²) in [6.45, 7) is 3.53. The summed E-state index contributed by atoms with van der Waals surface area (Å²) in [7, 11) is 0. The van der Waals surface area contributed by atoms with Gasteiger partial charge < -0.3 is 10.2 Å². The zero-order chi connectivity index (χ0) is 18.2. The molecule has 1 aromatic heterocycles. The number of rotatable bonds is 7. The third-order valence-electron chi connectivity index (χ3n) is 4.84. The predicted molar refractivity (Wildman–Crippen MR) is 106 cm³/mol. The van der Waals surface area contributed by atoms with Gasteiger partial charge in [-0.25, -0.2) is 0 Å². The Morgan fingerprint density at radius 3 is 2.69 bits per heavy atom. The number of H-pyrrole nitrogens is 1. The number of nitrogens with zero attached hydrogens (tertiary/aromatic N) is 2. The number of hydrogen-bond donors (Lipinski definition) is 2. The summed E-state index contributed by atoms with van der Waals surface area (Å²) in [4.78, 5) is 14.7. The summed E-state index contributed by atoms with van der Waals surface area (Å²) in [5.74, 6) is 0.551. The maximum absolute atomic E-state index is 12.1. The zero-order valence-corrected chi connectivity index (χ0v) is 15.9. The molecule has 2 heterocycles. The number of benzene rings is 1. The Morgan fingerprint density at radius 1 is 1.15 bits per heavy atom. The molecular weight excluding hydrogens is 348 g/mol. The van der Waals surface area contributed by atoms with Crippen molar-refractivity contribution in [2.45, 2.75) is 44.9 Å². The van der Waals surface area contributed by atoms with Crippen molar-refractivity contribution in [2.75, 3.05) is 25.0 Å². The van der Waals surface area contributed by atoms with E-state index in [9.17, 15) is 4.79 Å². The van der Waals surface area contributed by atoms with Crippen LogP contribution < -0.4 is 5.32 Å². The first-order valence-electron chi connectivity index (χ1n) is 9.55. The maximum atomic E-state index is 12.1. The van der Waals surface area contributed by atoms with E-state index in [4.69, 9.17) is 11.6 Å². The number of aromatic amines is 1. The minimum atomic E-state index is 0.0121. The number of carbonyl (C=O) groups excluding carboxylic acids is 1. The van der Waals surface area contributed by atoms with E-state index in [1.807, 2.05) is 30.3 Å². The number of aromatic nitrogens is 2. The predicted octanol–water partition coefficient (Wildman–Crippen LogP) is 4.71. The molecule has 140 valence electrons. The Morgan fingerprint density at radius 2 is 1.92 bits per heavy atom. The number of carbonyl (C=O) groups is 1. The van der Waals surface area contributed by atoms with Crippen LogP contribution >= 0.6 is 11.6 Å². The van der Waals surface area contributed by atoms with Crippen molar-refractivity contribution < 1.29 is 4.79 Å². The molecule has 0 atom stereocenters. The lowest BCUT2D eigenvalue weighted by Gasteiger charge is -2.19. The molecule has 3 rings (SSSR count). The quantitative estimate of drug-likeness (QED) is 0.689. The third-order valence-corrected chi connectivity index (χ3v) is 5.17. The number of hydrogen-bond acceptors (Lipinski definition) is 3. The molecule has 1 fully saturated rings. The van der Waals surface area contributed by atoms with Crippen LogP contribution in [0.3, 0.4) is 0 Å². The Kier molecular flexibility index (Phi) is 7.09. The first-order valence-corrected chi connectivity index (χ1v) is 9.93. The first-order chi connectivity index (χ1) is 12.7. The molecule has 0 bridgehead atoms. The van der Waals surface area contributed by atoms with Crippen LogP contribution in [0.1, 0.15) is 44.9 Å². The highest BCUT2D eigenvalue weighted by Gasteiger charge is 2.11. The number of nitrogens with one attached hydrogen (secondary N) is 2. The summed E-state index contributed by atoms with van der Waals surface area (Å²) in [6, 6.07) is 9.38. The fourth-order valence-corrected chi connectivity index (χ4v) is 3.63. The van der Waals surface area contributed by atoms with E-state index in [2.05, 4.69) is 20.4 Å². The minimum absolute atomic E-state index is 0.0121. The molecule has 2 aromatic rings. The lowest BCUT2D eigenvalue weighted by atomic mass is 10.1. The number of halogens is 1. The molecule has 5 nitrogen and oxygen atoms in total. The number of amides is 1. The fraction of sp³-hybridized carbons (Fsp3) is 0.500. The van der Waals surface area contributed by atoms with Gasteiger partial charge >= 0.3 is 0 Å². The van der Waals surface area contributed by atoms with Crippen molar-refractivity contribution in [3.8, 4) is 11.3 Å². The average Bonchev–Trinajstić information content (AvgIpc) is 2.93. The van der Waals surface area contributed by atoms with E-state index >= 15 is 0 Å². The second kappa shape index (κ2) is 9.74. The van der Waals surface area contributed by atoms with E-state index in [0.29, 0.717) is 17.3 Å². The minimum Gasteiger partial charge on any atom is -0.309 e. The SMILES string of the molecule is O=C(CCCCN1CCCCCC1)Nc1cc(-c2ccccc2Cl)[nH]n1. The van der Waals surface area contributed by atoms with Gasteiger partial charge in [0.05, 0.1) is 5.69 Å². The van der Waals surface area contributed by atoms with Crippen molar-refractivity contribution in [1.82, 2.24) is 15.1 Å². The van der Waals surface area contributed by atoms with E-state index in [1.165, 1.54) is 38.8 Å². The molecule has 6 heteroatoms. The standard InChI is InChI=1S/C20H27ClN4O/c21-17-10-4-3-9-16(17)18-15-19(24-23-18)22-20(26)11-5-8-14-25-12-6-1-2-7-13-25/h3-4,9-10,15H,1-2,5-8,11-14H2,(H2,22,23,24,26). The first kappa shape index (κ1) is 18.9. The molecule has 26 heavy (non-hydrogen) atoms. The molecular formula is C20H27ClN4O. The molecule has 1 amide bonds. The topological polar surface area (TPSA) is 61.0 Å². The van der Waals surface area contributed by atoms with Crippen LogP contribution in [0.15, 0.2) is 30.3 Å². The summed E-state index contributed by atoms with van der Waals surface area (Å²) >= 11 is 6.19. The summed E-state index contributed by atoms with van der Waals surface area (Å²) in [5, 5.41) is 10.6. The van der Waals surface area contributed by atoms with Crippen molar-refractivity contribution in [3.05, 3.63) is 35.4 Å². The van der Waals surface area contributed by atoms with Crippen molar-refractivity contribution >= 4 is 23.3 Å². The third kappa shape index (κ3) is 5.58. The lowest BCUT2D eigenvalue weighted by molar-refractivity contribution is -0.116. The summed E-state index contributed by atoms with van der Waals surface area (Å²) in [5.41, 5.74) is 1.67. The van der Waals surface area contributed by atoms with E-state index in [0.717, 1.165) is 30.6 Å². The van der Waals surface area contributed by atoms with E-state index in [-0.39, 0.29) is 5.91 Å². The number of anilines is 1. The van der Waals surface area contributed by atoms with Gasteiger partial charge in [0, 0.05) is 23.1 Å². The van der Waals surface area contributed by atoms with Gasteiger partial charge in [0.25, 0.3) is 0 Å². The average molecular weight is 375 g/mol. The van der Waals surface area contributed by atoms with Gasteiger partial charge in [-0.15, -0.1) is 0 Å². The highest BCUT2D eigenvalue weighted by Crippen LogP contribution is 2.27. The van der Waals surface area contributed by atoms with Crippen molar-refractivity contribution in [3.63, 3.8) is 0 Å². The smallest absolute Gasteiger partial charge is 0.225 e. The number of likely N-dealkylation sites (tertiary alicyclic amines) is 1. The second-order valence-corrected chi connectivity index (χ2v) is 7.32. The highest BCUT2D eigenvalue weighted by molar-refractivity contribution is 6.33. The molecule has 0 unspecified atom stereocenters. The molecule has 1 aliphatic heterocycles. The molecule has 1 saturated heterocycles. The Balaban J connectivity index is 1.40. The Hall–Kier alpha value is -1.85. The van der Waals surface area contributed by atoms with Crippen LogP contribution in [0.2, 0.25) is 5.02 Å². The molecule has 0 radical (unpaired) electrons. The van der Waals surface area contributed by atoms with E-state index in [1.54, 1.807) is 0 Å². The van der Waals surface area contributed by atoms with Crippen LogP contribution in [0, 0.1) is 0 Å².